The monoisotopic (exact) mass is 368 g/mol. The molecular formula is C18H16N4O5. The predicted molar refractivity (Wildman–Crippen MR) is 94.9 cm³/mol. The quantitative estimate of drug-likeness (QED) is 0.383. The number of nitrogens with zero attached hydrogens (tertiary/aromatic N) is 2. The molecule has 0 radical (unpaired) electrons. The summed E-state index contributed by atoms with van der Waals surface area (Å²) in [5, 5.41) is 34.0. The molecule has 2 amide bonds. The first-order valence-corrected chi connectivity index (χ1v) is 7.89. The van der Waals surface area contributed by atoms with Crippen LogP contribution in [0.1, 0.15) is 21.8 Å². The lowest BCUT2D eigenvalue weighted by Crippen LogP contribution is -2.37. The summed E-state index contributed by atoms with van der Waals surface area (Å²) in [6.45, 7) is -0.349. The summed E-state index contributed by atoms with van der Waals surface area (Å²) in [7, 11) is 0. The maximum atomic E-state index is 12.4. The van der Waals surface area contributed by atoms with Crippen molar-refractivity contribution < 1.29 is 19.6 Å². The van der Waals surface area contributed by atoms with E-state index in [1.54, 1.807) is 6.07 Å². The van der Waals surface area contributed by atoms with Gasteiger partial charge >= 0.3 is 0 Å². The number of phenols is 1. The average molecular weight is 368 g/mol. The highest BCUT2D eigenvalue weighted by Gasteiger charge is 2.24. The van der Waals surface area contributed by atoms with Crippen LogP contribution in [0.4, 0.5) is 5.69 Å². The zero-order valence-corrected chi connectivity index (χ0v) is 14.1. The fourth-order valence-electron chi connectivity index (χ4n) is 2.43. The zero-order valence-electron chi connectivity index (χ0n) is 14.1. The molecule has 1 atom stereocenters. The maximum absolute atomic E-state index is 12.4. The second-order valence-corrected chi connectivity index (χ2v) is 5.50. The van der Waals surface area contributed by atoms with Gasteiger partial charge in [-0.15, -0.1) is 0 Å². The van der Waals surface area contributed by atoms with Gasteiger partial charge in [-0.1, -0.05) is 24.3 Å². The molecule has 2 rings (SSSR count). The number of nitro benzene ring substituents is 1. The molecule has 0 aliphatic heterocycles. The normalized spacial score (nSPS) is 11.1. The Morgan fingerprint density at radius 2 is 1.81 bits per heavy atom. The van der Waals surface area contributed by atoms with E-state index in [0.717, 1.165) is 0 Å². The molecule has 0 aliphatic rings. The van der Waals surface area contributed by atoms with Crippen molar-refractivity contribution in [1.82, 2.24) is 10.6 Å². The SMILES string of the molecule is N#CCNC(=O)C(CNC(=O)c1ccccc1[N+](=O)[O-])c1ccc(O)cc1. The minimum Gasteiger partial charge on any atom is -0.508 e. The van der Waals surface area contributed by atoms with E-state index in [1.807, 2.05) is 0 Å². The highest BCUT2D eigenvalue weighted by atomic mass is 16.6. The van der Waals surface area contributed by atoms with Crippen molar-refractivity contribution >= 4 is 17.5 Å². The molecule has 0 aromatic heterocycles. The topological polar surface area (TPSA) is 145 Å². The fraction of sp³-hybridized carbons (Fsp3) is 0.167. The molecule has 0 saturated heterocycles. The van der Waals surface area contributed by atoms with Crippen LogP contribution in [0.5, 0.6) is 5.75 Å². The molecule has 3 N–H and O–H groups in total. The number of nitriles is 1. The van der Waals surface area contributed by atoms with Crippen LogP contribution in [0.25, 0.3) is 0 Å². The standard InChI is InChI=1S/C18H16N4O5/c19-9-10-20-18(25)15(12-5-7-13(23)8-6-12)11-21-17(24)14-3-1-2-4-16(14)22(26)27/h1-8,15,23H,10-11H2,(H,20,25)(H,21,24). The van der Waals surface area contributed by atoms with E-state index >= 15 is 0 Å². The van der Waals surface area contributed by atoms with Crippen LogP contribution >= 0.6 is 0 Å². The van der Waals surface area contributed by atoms with Crippen LogP contribution < -0.4 is 10.6 Å². The highest BCUT2D eigenvalue weighted by molar-refractivity contribution is 5.98. The van der Waals surface area contributed by atoms with Crippen molar-refractivity contribution in [3.63, 3.8) is 0 Å². The lowest BCUT2D eigenvalue weighted by Gasteiger charge is -2.17. The first kappa shape index (κ1) is 19.4. The Morgan fingerprint density at radius 3 is 2.44 bits per heavy atom. The fourth-order valence-corrected chi connectivity index (χ4v) is 2.43. The van der Waals surface area contributed by atoms with Gasteiger partial charge in [-0.05, 0) is 23.8 Å². The third-order valence-electron chi connectivity index (χ3n) is 3.77. The van der Waals surface area contributed by atoms with E-state index in [4.69, 9.17) is 5.26 Å². The molecule has 0 fully saturated rings. The average Bonchev–Trinajstić information content (AvgIpc) is 2.67. The minimum atomic E-state index is -0.842. The molecule has 0 spiro atoms. The molecule has 138 valence electrons. The van der Waals surface area contributed by atoms with Crippen LogP contribution in [-0.4, -0.2) is 34.9 Å². The molecule has 9 heteroatoms. The van der Waals surface area contributed by atoms with Gasteiger partial charge in [0.1, 0.15) is 17.9 Å². The number of carbonyl (C=O) groups is 2. The van der Waals surface area contributed by atoms with Gasteiger partial charge in [-0.25, -0.2) is 0 Å². The van der Waals surface area contributed by atoms with E-state index in [1.165, 1.54) is 48.5 Å². The summed E-state index contributed by atoms with van der Waals surface area (Å²) >= 11 is 0. The number of rotatable bonds is 7. The Kier molecular flexibility index (Phi) is 6.44. The third-order valence-corrected chi connectivity index (χ3v) is 3.77. The van der Waals surface area contributed by atoms with E-state index in [2.05, 4.69) is 10.6 Å². The number of hydrogen-bond acceptors (Lipinski definition) is 6. The Bertz CT molecular complexity index is 889. The third kappa shape index (κ3) is 5.02. The number of benzene rings is 2. The van der Waals surface area contributed by atoms with E-state index in [0.29, 0.717) is 5.56 Å². The molecule has 9 nitrogen and oxygen atoms in total. The smallest absolute Gasteiger partial charge is 0.282 e. The van der Waals surface area contributed by atoms with Gasteiger partial charge < -0.3 is 15.7 Å². The number of carbonyl (C=O) groups excluding carboxylic acids is 2. The van der Waals surface area contributed by atoms with Gasteiger partial charge in [0.15, 0.2) is 0 Å². The second-order valence-electron chi connectivity index (χ2n) is 5.50. The van der Waals surface area contributed by atoms with Crippen LogP contribution in [0.3, 0.4) is 0 Å². The van der Waals surface area contributed by atoms with Gasteiger partial charge in [-0.3, -0.25) is 19.7 Å². The highest BCUT2D eigenvalue weighted by Crippen LogP contribution is 2.20. The van der Waals surface area contributed by atoms with Crippen molar-refractivity contribution in [2.24, 2.45) is 0 Å². The van der Waals surface area contributed by atoms with Crippen molar-refractivity contribution in [2.75, 3.05) is 13.1 Å². The number of nitrogens with one attached hydrogen (secondary N) is 2. The van der Waals surface area contributed by atoms with Gasteiger partial charge in [0.2, 0.25) is 5.91 Å². The first-order valence-electron chi connectivity index (χ1n) is 7.89. The van der Waals surface area contributed by atoms with Crippen molar-refractivity contribution in [2.45, 2.75) is 5.92 Å². The number of phenolic OH excluding ortho intramolecular Hbond substituents is 1. The summed E-state index contributed by atoms with van der Waals surface area (Å²) in [5.74, 6) is -2.02. The number of hydrogen-bond donors (Lipinski definition) is 3. The minimum absolute atomic E-state index is 0.0129. The molecule has 1 unspecified atom stereocenters. The van der Waals surface area contributed by atoms with Gasteiger partial charge in [0.25, 0.3) is 11.6 Å². The summed E-state index contributed by atoms with van der Waals surface area (Å²) in [5.41, 5.74) is 0.0422. The van der Waals surface area contributed by atoms with Crippen molar-refractivity contribution in [3.8, 4) is 11.8 Å². The molecular weight excluding hydrogens is 352 g/mol. The van der Waals surface area contributed by atoms with E-state index < -0.39 is 22.7 Å². The van der Waals surface area contributed by atoms with Crippen LogP contribution in [-0.2, 0) is 4.79 Å². The van der Waals surface area contributed by atoms with Crippen molar-refractivity contribution in [3.05, 3.63) is 69.8 Å². The van der Waals surface area contributed by atoms with Crippen LogP contribution in [0, 0.1) is 21.4 Å². The van der Waals surface area contributed by atoms with Gasteiger partial charge in [-0.2, -0.15) is 5.26 Å². The zero-order chi connectivity index (χ0) is 19.8. The Morgan fingerprint density at radius 1 is 1.15 bits per heavy atom. The number of amides is 2. The van der Waals surface area contributed by atoms with Crippen molar-refractivity contribution in [1.29, 1.82) is 5.26 Å². The molecule has 2 aromatic carbocycles. The van der Waals surface area contributed by atoms with Crippen LogP contribution in [0.15, 0.2) is 48.5 Å². The molecule has 0 bridgehead atoms. The molecule has 27 heavy (non-hydrogen) atoms. The molecule has 0 aliphatic carbocycles. The van der Waals surface area contributed by atoms with Gasteiger partial charge in [0, 0.05) is 12.6 Å². The van der Waals surface area contributed by atoms with Gasteiger partial charge in [0.05, 0.1) is 16.9 Å². The molecule has 2 aromatic rings. The van der Waals surface area contributed by atoms with E-state index in [9.17, 15) is 24.8 Å². The largest absolute Gasteiger partial charge is 0.508 e. The molecule has 0 saturated carbocycles. The Balaban J connectivity index is 2.19. The first-order chi connectivity index (χ1) is 12.9. The number of nitro groups is 1. The lowest BCUT2D eigenvalue weighted by molar-refractivity contribution is -0.385. The number of aromatic hydroxyl groups is 1. The maximum Gasteiger partial charge on any atom is 0.282 e. The Labute approximate surface area is 154 Å². The predicted octanol–water partition coefficient (Wildman–Crippen LogP) is 1.45. The summed E-state index contributed by atoms with van der Waals surface area (Å²) in [6, 6.07) is 13.1. The second kappa shape index (κ2) is 8.96. The Hall–Kier alpha value is -3.93. The van der Waals surface area contributed by atoms with E-state index in [-0.39, 0.29) is 30.1 Å². The lowest BCUT2D eigenvalue weighted by atomic mass is 9.97. The summed E-state index contributed by atoms with van der Waals surface area (Å²) in [6.07, 6.45) is 0. The summed E-state index contributed by atoms with van der Waals surface area (Å²) < 4.78 is 0. The van der Waals surface area contributed by atoms with Crippen LogP contribution in [0.2, 0.25) is 0 Å². The number of para-hydroxylation sites is 1. The molecule has 0 heterocycles. The summed E-state index contributed by atoms with van der Waals surface area (Å²) in [4.78, 5) is 35.1.